The van der Waals surface area contributed by atoms with Gasteiger partial charge in [-0.15, -0.1) is 0 Å². The van der Waals surface area contributed by atoms with Gasteiger partial charge >= 0.3 is 0 Å². The number of aryl methyl sites for hydroxylation is 2. The lowest BCUT2D eigenvalue weighted by atomic mass is 9.86. The number of nitrogens with zero attached hydrogens (tertiary/aromatic N) is 2. The summed E-state index contributed by atoms with van der Waals surface area (Å²) < 4.78 is 0. The van der Waals surface area contributed by atoms with Gasteiger partial charge < -0.3 is 10.2 Å². The Labute approximate surface area is 231 Å². The average molecular weight is 519 g/mol. The summed E-state index contributed by atoms with van der Waals surface area (Å²) in [7, 11) is 0. The first-order valence-corrected chi connectivity index (χ1v) is 14.6. The summed E-state index contributed by atoms with van der Waals surface area (Å²) in [5, 5.41) is 21.8. The summed E-state index contributed by atoms with van der Waals surface area (Å²) in [5.74, 6) is 0.690. The zero-order valence-electron chi connectivity index (χ0n) is 25.1. The van der Waals surface area contributed by atoms with Gasteiger partial charge in [-0.3, -0.25) is 9.98 Å². The van der Waals surface area contributed by atoms with Crippen LogP contribution in [0.5, 0.6) is 11.5 Å². The molecule has 0 spiro atoms. The van der Waals surface area contributed by atoms with E-state index < -0.39 is 0 Å². The number of phenolic OH excluding ortho intramolecular Hbond substituents is 2. The van der Waals surface area contributed by atoms with E-state index in [1.807, 2.05) is 12.4 Å². The van der Waals surface area contributed by atoms with Crippen LogP contribution in [0, 0.1) is 10.8 Å². The quantitative estimate of drug-likeness (QED) is 0.346. The minimum Gasteiger partial charge on any atom is -0.507 e. The molecule has 4 nitrogen and oxygen atoms in total. The minimum atomic E-state index is 0.0706. The van der Waals surface area contributed by atoms with Gasteiger partial charge in [-0.1, -0.05) is 80.4 Å². The maximum absolute atomic E-state index is 10.9. The molecule has 0 radical (unpaired) electrons. The maximum Gasteiger partial charge on any atom is 0.127 e. The summed E-state index contributed by atoms with van der Waals surface area (Å²) in [4.78, 5) is 9.96. The van der Waals surface area contributed by atoms with Crippen LogP contribution < -0.4 is 0 Å². The normalized spacial score (nSPS) is 19.1. The molecule has 0 heterocycles. The lowest BCUT2D eigenvalue weighted by Crippen LogP contribution is -2.27. The SMILES string of the molecule is CCc1cc(CC(C)(C)C)cc(C=NC2CCCCC2N=Cc2cc(CC(C)(C)C)cc(CC)c2O)c1O. The molecule has 0 bridgehead atoms. The molecule has 1 saturated carbocycles. The second-order valence-electron chi connectivity index (χ2n) is 13.5. The topological polar surface area (TPSA) is 65.2 Å². The maximum atomic E-state index is 10.9. The lowest BCUT2D eigenvalue weighted by Gasteiger charge is -2.26. The monoisotopic (exact) mass is 518 g/mol. The van der Waals surface area contributed by atoms with Gasteiger partial charge in [0.15, 0.2) is 0 Å². The number of rotatable bonds is 8. The van der Waals surface area contributed by atoms with Gasteiger partial charge in [0.25, 0.3) is 0 Å². The van der Waals surface area contributed by atoms with Crippen LogP contribution in [0.25, 0.3) is 0 Å². The second-order valence-corrected chi connectivity index (χ2v) is 13.5. The molecule has 1 fully saturated rings. The summed E-state index contributed by atoms with van der Waals surface area (Å²) in [6.07, 6.45) is 11.5. The van der Waals surface area contributed by atoms with E-state index in [2.05, 4.69) is 79.7 Å². The molecule has 3 rings (SSSR count). The van der Waals surface area contributed by atoms with E-state index in [4.69, 9.17) is 9.98 Å². The zero-order chi connectivity index (χ0) is 28.1. The zero-order valence-corrected chi connectivity index (χ0v) is 25.1. The largest absolute Gasteiger partial charge is 0.507 e. The molecule has 2 unspecified atom stereocenters. The minimum absolute atomic E-state index is 0.0706. The van der Waals surface area contributed by atoms with Gasteiger partial charge in [0.1, 0.15) is 11.5 Å². The number of hydrogen-bond donors (Lipinski definition) is 2. The summed E-state index contributed by atoms with van der Waals surface area (Å²) in [6.45, 7) is 17.6. The summed E-state index contributed by atoms with van der Waals surface area (Å²) >= 11 is 0. The van der Waals surface area contributed by atoms with Crippen molar-refractivity contribution in [2.24, 2.45) is 20.8 Å². The predicted octanol–water partition coefficient (Wildman–Crippen LogP) is 8.25. The average Bonchev–Trinajstić information content (AvgIpc) is 2.82. The highest BCUT2D eigenvalue weighted by Crippen LogP contribution is 2.31. The van der Waals surface area contributed by atoms with Crippen LogP contribution in [-0.2, 0) is 25.7 Å². The Morgan fingerprint density at radius 3 is 1.37 bits per heavy atom. The van der Waals surface area contributed by atoms with Crippen LogP contribution >= 0.6 is 0 Å². The third-order valence-corrected chi connectivity index (χ3v) is 7.29. The van der Waals surface area contributed by atoms with E-state index in [0.717, 1.165) is 73.6 Å². The number of aliphatic imine (C=N–C) groups is 2. The van der Waals surface area contributed by atoms with E-state index in [1.165, 1.54) is 11.1 Å². The molecule has 2 N–H and O–H groups in total. The first kappa shape index (κ1) is 29.9. The van der Waals surface area contributed by atoms with E-state index in [0.29, 0.717) is 11.5 Å². The van der Waals surface area contributed by atoms with Crippen molar-refractivity contribution in [1.29, 1.82) is 0 Å². The van der Waals surface area contributed by atoms with Gasteiger partial charge in [-0.2, -0.15) is 0 Å². The molecule has 0 aliphatic heterocycles. The molecule has 208 valence electrons. The van der Waals surface area contributed by atoms with Crippen molar-refractivity contribution in [2.45, 2.75) is 119 Å². The first-order valence-electron chi connectivity index (χ1n) is 14.6. The van der Waals surface area contributed by atoms with Crippen molar-refractivity contribution in [2.75, 3.05) is 0 Å². The van der Waals surface area contributed by atoms with Gasteiger partial charge in [0, 0.05) is 23.6 Å². The van der Waals surface area contributed by atoms with Crippen molar-refractivity contribution in [3.05, 3.63) is 57.6 Å². The number of hydrogen-bond acceptors (Lipinski definition) is 4. The smallest absolute Gasteiger partial charge is 0.127 e. The standard InChI is InChI=1S/C34H50N2O2/c1-9-25-15-23(19-33(3,4)5)17-27(31(25)37)21-35-29-13-11-12-14-30(29)36-22-28-18-24(20-34(6,7)8)16-26(10-2)32(28)38/h15-18,21-22,29-30,37-38H,9-14,19-20H2,1-8H3. The Hall–Kier alpha value is -2.62. The third-order valence-electron chi connectivity index (χ3n) is 7.29. The molecule has 4 heteroatoms. The molecule has 1 aliphatic rings. The van der Waals surface area contributed by atoms with Crippen LogP contribution in [0.1, 0.15) is 114 Å². The fourth-order valence-corrected chi connectivity index (χ4v) is 5.53. The van der Waals surface area contributed by atoms with Crippen molar-refractivity contribution in [3.8, 4) is 11.5 Å². The molecule has 1 aliphatic carbocycles. The highest BCUT2D eigenvalue weighted by Gasteiger charge is 2.24. The van der Waals surface area contributed by atoms with Crippen LogP contribution in [0.4, 0.5) is 0 Å². The van der Waals surface area contributed by atoms with E-state index in [1.54, 1.807) is 0 Å². The molecule has 2 aromatic rings. The van der Waals surface area contributed by atoms with Gasteiger partial charge in [0.2, 0.25) is 0 Å². The Morgan fingerprint density at radius 2 is 1.05 bits per heavy atom. The molecule has 2 aromatic carbocycles. The van der Waals surface area contributed by atoms with Crippen molar-refractivity contribution in [1.82, 2.24) is 0 Å². The Bertz CT molecular complexity index is 1060. The van der Waals surface area contributed by atoms with Gasteiger partial charge in [-0.05, 0) is 83.7 Å². The van der Waals surface area contributed by atoms with Crippen molar-refractivity contribution < 1.29 is 10.2 Å². The Kier molecular flexibility index (Phi) is 9.84. The van der Waals surface area contributed by atoms with Gasteiger partial charge in [0.05, 0.1) is 12.1 Å². The Balaban J connectivity index is 1.88. The fourth-order valence-electron chi connectivity index (χ4n) is 5.53. The van der Waals surface area contributed by atoms with Crippen molar-refractivity contribution in [3.63, 3.8) is 0 Å². The van der Waals surface area contributed by atoms with E-state index in [9.17, 15) is 10.2 Å². The lowest BCUT2D eigenvalue weighted by molar-refractivity contribution is 0.390. The molecule has 0 amide bonds. The van der Waals surface area contributed by atoms with E-state index in [-0.39, 0.29) is 22.9 Å². The molecule has 0 saturated heterocycles. The summed E-state index contributed by atoms with van der Waals surface area (Å²) in [6, 6.07) is 8.60. The van der Waals surface area contributed by atoms with E-state index >= 15 is 0 Å². The Morgan fingerprint density at radius 1 is 0.684 bits per heavy atom. The predicted molar refractivity (Wildman–Crippen MR) is 163 cm³/mol. The van der Waals surface area contributed by atoms with Crippen LogP contribution in [0.3, 0.4) is 0 Å². The van der Waals surface area contributed by atoms with Crippen LogP contribution in [-0.4, -0.2) is 34.7 Å². The highest BCUT2D eigenvalue weighted by atomic mass is 16.3. The molecule has 2 atom stereocenters. The third kappa shape index (κ3) is 8.44. The van der Waals surface area contributed by atoms with Crippen LogP contribution in [0.15, 0.2) is 34.3 Å². The highest BCUT2D eigenvalue weighted by molar-refractivity contribution is 5.85. The molecular formula is C34H50N2O2. The van der Waals surface area contributed by atoms with Crippen molar-refractivity contribution >= 4 is 12.4 Å². The fraction of sp³-hybridized carbons (Fsp3) is 0.588. The first-order chi connectivity index (χ1) is 17.8. The van der Waals surface area contributed by atoms with Crippen LogP contribution in [0.2, 0.25) is 0 Å². The number of phenols is 2. The second kappa shape index (κ2) is 12.5. The molecule has 38 heavy (non-hydrogen) atoms. The number of benzene rings is 2. The molecule has 0 aromatic heterocycles. The number of aromatic hydroxyl groups is 2. The summed E-state index contributed by atoms with van der Waals surface area (Å²) in [5.41, 5.74) is 6.38. The van der Waals surface area contributed by atoms with Gasteiger partial charge in [-0.25, -0.2) is 0 Å². The molecular weight excluding hydrogens is 468 g/mol.